The molecule has 1 rings (SSSR count). The molecule has 0 bridgehead atoms. The van der Waals surface area contributed by atoms with E-state index in [1.807, 2.05) is 0 Å². The zero-order valence-corrected chi connectivity index (χ0v) is 9.83. The summed E-state index contributed by atoms with van der Waals surface area (Å²) in [5.41, 5.74) is 5.28. The highest BCUT2D eigenvalue weighted by Crippen LogP contribution is 2.15. The fourth-order valence-corrected chi connectivity index (χ4v) is 1.95. The second kappa shape index (κ2) is 6.08. The molecule has 0 aliphatic carbocycles. The third-order valence-electron chi connectivity index (χ3n) is 2.97. The van der Waals surface area contributed by atoms with Crippen LogP contribution in [0, 0.1) is 5.92 Å². The highest BCUT2D eigenvalue weighted by atomic mass is 16.1. The van der Waals surface area contributed by atoms with Crippen molar-refractivity contribution in [3.05, 3.63) is 0 Å². The first-order valence-corrected chi connectivity index (χ1v) is 5.84. The summed E-state index contributed by atoms with van der Waals surface area (Å²) < 4.78 is 0. The van der Waals surface area contributed by atoms with E-state index in [2.05, 4.69) is 24.1 Å². The van der Waals surface area contributed by atoms with Crippen LogP contribution in [-0.4, -0.2) is 43.0 Å². The Labute approximate surface area is 92.2 Å². The van der Waals surface area contributed by atoms with Gasteiger partial charge in [0.15, 0.2) is 0 Å². The average molecular weight is 213 g/mol. The molecule has 1 saturated heterocycles. The summed E-state index contributed by atoms with van der Waals surface area (Å²) in [5, 5.41) is 3.39. The number of nitrogens with two attached hydrogens (primary N) is 1. The molecule has 1 aliphatic heterocycles. The molecule has 4 nitrogen and oxygen atoms in total. The molecule has 15 heavy (non-hydrogen) atoms. The van der Waals surface area contributed by atoms with Crippen LogP contribution in [0.15, 0.2) is 0 Å². The summed E-state index contributed by atoms with van der Waals surface area (Å²) in [4.78, 5) is 13.4. The SMILES string of the molecule is CC(C)NCCN1CCC(C(N)=O)CC1. The second-order valence-electron chi connectivity index (χ2n) is 4.63. The van der Waals surface area contributed by atoms with Crippen LogP contribution in [0.4, 0.5) is 0 Å². The number of primary amides is 1. The average Bonchev–Trinajstić information content (AvgIpc) is 2.18. The van der Waals surface area contributed by atoms with Crippen LogP contribution < -0.4 is 11.1 Å². The van der Waals surface area contributed by atoms with Gasteiger partial charge in [0.05, 0.1) is 0 Å². The molecule has 0 aromatic carbocycles. The molecule has 88 valence electrons. The molecule has 0 radical (unpaired) electrons. The monoisotopic (exact) mass is 213 g/mol. The first-order valence-electron chi connectivity index (χ1n) is 5.84. The predicted molar refractivity (Wildman–Crippen MR) is 61.5 cm³/mol. The van der Waals surface area contributed by atoms with E-state index in [0.29, 0.717) is 6.04 Å². The molecular weight excluding hydrogens is 190 g/mol. The minimum absolute atomic E-state index is 0.110. The maximum Gasteiger partial charge on any atom is 0.220 e. The Morgan fingerprint density at radius 2 is 2.07 bits per heavy atom. The summed E-state index contributed by atoms with van der Waals surface area (Å²) in [6, 6.07) is 0.549. The number of rotatable bonds is 5. The Morgan fingerprint density at radius 1 is 1.47 bits per heavy atom. The van der Waals surface area contributed by atoms with E-state index in [1.54, 1.807) is 0 Å². The van der Waals surface area contributed by atoms with E-state index in [1.165, 1.54) is 0 Å². The van der Waals surface area contributed by atoms with Crippen molar-refractivity contribution in [1.82, 2.24) is 10.2 Å². The van der Waals surface area contributed by atoms with Gasteiger partial charge in [0.1, 0.15) is 0 Å². The summed E-state index contributed by atoms with van der Waals surface area (Å²) in [7, 11) is 0. The molecule has 0 aromatic rings. The topological polar surface area (TPSA) is 58.4 Å². The smallest absolute Gasteiger partial charge is 0.220 e. The van der Waals surface area contributed by atoms with Crippen molar-refractivity contribution in [1.29, 1.82) is 0 Å². The largest absolute Gasteiger partial charge is 0.369 e. The van der Waals surface area contributed by atoms with Crippen molar-refractivity contribution in [2.75, 3.05) is 26.2 Å². The molecule has 3 N–H and O–H groups in total. The van der Waals surface area contributed by atoms with Crippen LogP contribution in [0.1, 0.15) is 26.7 Å². The third kappa shape index (κ3) is 4.62. The number of piperidine rings is 1. The molecule has 1 amide bonds. The van der Waals surface area contributed by atoms with Gasteiger partial charge in [0.25, 0.3) is 0 Å². The molecule has 1 heterocycles. The summed E-state index contributed by atoms with van der Waals surface area (Å²) >= 11 is 0. The molecule has 4 heteroatoms. The number of hydrogen-bond acceptors (Lipinski definition) is 3. The highest BCUT2D eigenvalue weighted by Gasteiger charge is 2.22. The zero-order valence-electron chi connectivity index (χ0n) is 9.83. The predicted octanol–water partition coefficient (Wildman–Crippen LogP) is 0.182. The van der Waals surface area contributed by atoms with E-state index in [9.17, 15) is 4.79 Å². The number of nitrogens with zero attached hydrogens (tertiary/aromatic N) is 1. The van der Waals surface area contributed by atoms with Gasteiger partial charge in [-0.15, -0.1) is 0 Å². The first kappa shape index (κ1) is 12.5. The Morgan fingerprint density at radius 3 is 2.53 bits per heavy atom. The van der Waals surface area contributed by atoms with Crippen LogP contribution in [0.5, 0.6) is 0 Å². The van der Waals surface area contributed by atoms with Crippen LogP contribution in [0.2, 0.25) is 0 Å². The fourth-order valence-electron chi connectivity index (χ4n) is 1.95. The van der Waals surface area contributed by atoms with Gasteiger partial charge in [-0.05, 0) is 25.9 Å². The molecule has 0 aromatic heterocycles. The number of carbonyl (C=O) groups excluding carboxylic acids is 1. The highest BCUT2D eigenvalue weighted by molar-refractivity contribution is 5.76. The molecule has 0 unspecified atom stereocenters. The number of nitrogens with one attached hydrogen (secondary N) is 1. The van der Waals surface area contributed by atoms with Gasteiger partial charge < -0.3 is 16.0 Å². The Balaban J connectivity index is 2.12. The van der Waals surface area contributed by atoms with Crippen molar-refractivity contribution in [3.8, 4) is 0 Å². The van der Waals surface area contributed by atoms with Crippen molar-refractivity contribution >= 4 is 5.91 Å². The lowest BCUT2D eigenvalue weighted by Gasteiger charge is -2.30. The molecule has 1 fully saturated rings. The summed E-state index contributed by atoms with van der Waals surface area (Å²) in [5.74, 6) is -0.0192. The molecule has 0 atom stereocenters. The first-order chi connectivity index (χ1) is 7.09. The van der Waals surface area contributed by atoms with Crippen molar-refractivity contribution in [2.24, 2.45) is 11.7 Å². The van der Waals surface area contributed by atoms with E-state index < -0.39 is 0 Å². The van der Waals surface area contributed by atoms with E-state index in [4.69, 9.17) is 5.73 Å². The second-order valence-corrected chi connectivity index (χ2v) is 4.63. The Bertz CT molecular complexity index is 198. The maximum absolute atomic E-state index is 11.0. The Hall–Kier alpha value is -0.610. The van der Waals surface area contributed by atoms with Crippen molar-refractivity contribution in [2.45, 2.75) is 32.7 Å². The van der Waals surface area contributed by atoms with Gasteiger partial charge in [0.2, 0.25) is 5.91 Å². The minimum atomic E-state index is -0.130. The minimum Gasteiger partial charge on any atom is -0.369 e. The number of likely N-dealkylation sites (tertiary alicyclic amines) is 1. The van der Waals surface area contributed by atoms with E-state index >= 15 is 0 Å². The Kier molecular flexibility index (Phi) is 5.05. The lowest BCUT2D eigenvalue weighted by molar-refractivity contribution is -0.123. The lowest BCUT2D eigenvalue weighted by Crippen LogP contribution is -2.42. The molecule has 0 saturated carbocycles. The lowest BCUT2D eigenvalue weighted by atomic mass is 9.96. The van der Waals surface area contributed by atoms with Gasteiger partial charge >= 0.3 is 0 Å². The van der Waals surface area contributed by atoms with Gasteiger partial charge in [-0.2, -0.15) is 0 Å². The number of hydrogen-bond donors (Lipinski definition) is 2. The van der Waals surface area contributed by atoms with Gasteiger partial charge in [0, 0.05) is 25.0 Å². The van der Waals surface area contributed by atoms with Crippen LogP contribution >= 0.6 is 0 Å². The molecular formula is C11H23N3O. The molecule has 1 aliphatic rings. The zero-order chi connectivity index (χ0) is 11.3. The van der Waals surface area contributed by atoms with Crippen LogP contribution in [0.3, 0.4) is 0 Å². The van der Waals surface area contributed by atoms with Gasteiger partial charge in [-0.3, -0.25) is 4.79 Å². The van der Waals surface area contributed by atoms with Crippen LogP contribution in [-0.2, 0) is 4.79 Å². The van der Waals surface area contributed by atoms with Crippen molar-refractivity contribution in [3.63, 3.8) is 0 Å². The number of carbonyl (C=O) groups is 1. The maximum atomic E-state index is 11.0. The van der Waals surface area contributed by atoms with Crippen molar-refractivity contribution < 1.29 is 4.79 Å². The summed E-state index contributed by atoms with van der Waals surface area (Å²) in [6.07, 6.45) is 1.86. The fraction of sp³-hybridized carbons (Fsp3) is 0.909. The normalized spacial score (nSPS) is 19.7. The number of amides is 1. The molecule has 0 spiro atoms. The summed E-state index contributed by atoms with van der Waals surface area (Å²) in [6.45, 7) is 8.42. The van der Waals surface area contributed by atoms with E-state index in [-0.39, 0.29) is 11.8 Å². The quantitative estimate of drug-likeness (QED) is 0.685. The third-order valence-corrected chi connectivity index (χ3v) is 2.97. The van der Waals surface area contributed by atoms with Crippen LogP contribution in [0.25, 0.3) is 0 Å². The van der Waals surface area contributed by atoms with Gasteiger partial charge in [-0.1, -0.05) is 13.8 Å². The van der Waals surface area contributed by atoms with E-state index in [0.717, 1.165) is 39.0 Å². The standard InChI is InChI=1S/C11H23N3O/c1-9(2)13-5-8-14-6-3-10(4-7-14)11(12)15/h9-10,13H,3-8H2,1-2H3,(H2,12,15). The van der Waals surface area contributed by atoms with Gasteiger partial charge in [-0.25, -0.2) is 0 Å².